The fraction of sp³-hybridized carbons (Fsp3) is 0.130. The van der Waals surface area contributed by atoms with Gasteiger partial charge in [-0.25, -0.2) is 8.42 Å². The van der Waals surface area contributed by atoms with Crippen LogP contribution in [0.15, 0.2) is 82.2 Å². The minimum Gasteiger partial charge on any atom is -0.294 e. The predicted octanol–water partition coefficient (Wildman–Crippen LogP) is 4.96. The molecule has 3 aromatic rings. The zero-order chi connectivity index (χ0) is 23.5. The van der Waals surface area contributed by atoms with Crippen LogP contribution in [0.5, 0.6) is 0 Å². The van der Waals surface area contributed by atoms with E-state index in [-0.39, 0.29) is 21.7 Å². The number of rotatable bonds is 8. The van der Waals surface area contributed by atoms with Gasteiger partial charge in [0.05, 0.1) is 9.82 Å². The van der Waals surface area contributed by atoms with E-state index in [0.717, 1.165) is 17.7 Å². The molecular weight excluding hydrogens is 498 g/mol. The SMILES string of the molecule is Cc1ccc(S(=O)(=O)[C@H](CC(=O)c2ccc([N+](=O)[O-])cc2)C(=O)c2ccc(Br)cc2)cc1. The topological polar surface area (TPSA) is 111 Å². The van der Waals surface area contributed by atoms with Crippen LogP contribution < -0.4 is 0 Å². The molecule has 0 amide bonds. The van der Waals surface area contributed by atoms with E-state index < -0.39 is 38.0 Å². The van der Waals surface area contributed by atoms with Crippen LogP contribution in [0.1, 0.15) is 32.7 Å². The van der Waals surface area contributed by atoms with Gasteiger partial charge in [0.2, 0.25) is 0 Å². The lowest BCUT2D eigenvalue weighted by Crippen LogP contribution is -2.33. The van der Waals surface area contributed by atoms with Gasteiger partial charge in [0, 0.05) is 34.2 Å². The van der Waals surface area contributed by atoms with Gasteiger partial charge < -0.3 is 0 Å². The second-order valence-corrected chi connectivity index (χ2v) is 10.2. The highest BCUT2D eigenvalue weighted by Gasteiger charge is 2.36. The molecule has 0 aliphatic rings. The third-order valence-corrected chi connectivity index (χ3v) is 7.50. The van der Waals surface area contributed by atoms with E-state index in [2.05, 4.69) is 15.9 Å². The zero-order valence-electron chi connectivity index (χ0n) is 16.9. The summed E-state index contributed by atoms with van der Waals surface area (Å²) in [4.78, 5) is 36.3. The first-order valence-corrected chi connectivity index (χ1v) is 11.8. The number of ketones is 2. The van der Waals surface area contributed by atoms with E-state index in [4.69, 9.17) is 0 Å². The second kappa shape index (κ2) is 9.54. The average Bonchev–Trinajstić information content (AvgIpc) is 2.77. The van der Waals surface area contributed by atoms with Crippen molar-refractivity contribution in [2.24, 2.45) is 0 Å². The number of benzene rings is 3. The summed E-state index contributed by atoms with van der Waals surface area (Å²) in [6.07, 6.45) is -0.594. The first-order valence-electron chi connectivity index (χ1n) is 9.47. The van der Waals surface area contributed by atoms with Crippen LogP contribution in [-0.2, 0) is 9.84 Å². The number of carbonyl (C=O) groups excluding carboxylic acids is 2. The van der Waals surface area contributed by atoms with Crippen LogP contribution in [0, 0.1) is 17.0 Å². The largest absolute Gasteiger partial charge is 0.294 e. The molecule has 1 atom stereocenters. The minimum atomic E-state index is -4.19. The molecule has 0 saturated carbocycles. The van der Waals surface area contributed by atoms with Crippen molar-refractivity contribution >= 4 is 43.0 Å². The maximum absolute atomic E-state index is 13.4. The van der Waals surface area contributed by atoms with Crippen molar-refractivity contribution in [3.05, 3.63) is 104 Å². The summed E-state index contributed by atoms with van der Waals surface area (Å²) >= 11 is 3.27. The maximum atomic E-state index is 13.4. The molecule has 0 bridgehead atoms. The molecule has 3 aromatic carbocycles. The molecule has 3 rings (SSSR count). The summed E-state index contributed by atoms with van der Waals surface area (Å²) in [6, 6.07) is 17.1. The van der Waals surface area contributed by atoms with Crippen molar-refractivity contribution in [2.45, 2.75) is 23.5 Å². The molecule has 32 heavy (non-hydrogen) atoms. The molecule has 0 radical (unpaired) electrons. The summed E-state index contributed by atoms with van der Waals surface area (Å²) in [5.41, 5.74) is 0.895. The van der Waals surface area contributed by atoms with Crippen molar-refractivity contribution in [3.63, 3.8) is 0 Å². The molecular formula is C23H18BrNO6S. The summed E-state index contributed by atoms with van der Waals surface area (Å²) in [7, 11) is -4.19. The Balaban J connectivity index is 2.00. The van der Waals surface area contributed by atoms with E-state index in [1.165, 1.54) is 36.4 Å². The molecule has 0 N–H and O–H groups in total. The summed E-state index contributed by atoms with van der Waals surface area (Å²) in [5, 5.41) is 9.19. The van der Waals surface area contributed by atoms with Gasteiger partial charge in [0.15, 0.2) is 21.4 Å². The molecule has 164 valence electrons. The number of nitrogens with zero attached hydrogens (tertiary/aromatic N) is 1. The Morgan fingerprint density at radius 2 is 1.44 bits per heavy atom. The van der Waals surface area contributed by atoms with Gasteiger partial charge in [0.25, 0.3) is 5.69 Å². The molecule has 0 heterocycles. The molecule has 0 fully saturated rings. The van der Waals surface area contributed by atoms with Crippen LogP contribution in [0.2, 0.25) is 0 Å². The summed E-state index contributed by atoms with van der Waals surface area (Å²) in [6.45, 7) is 1.80. The van der Waals surface area contributed by atoms with Gasteiger partial charge in [-0.2, -0.15) is 0 Å². The van der Waals surface area contributed by atoms with Crippen molar-refractivity contribution in [1.29, 1.82) is 0 Å². The highest BCUT2D eigenvalue weighted by molar-refractivity contribution is 9.10. The van der Waals surface area contributed by atoms with Gasteiger partial charge >= 0.3 is 0 Å². The third kappa shape index (κ3) is 5.17. The minimum absolute atomic E-state index is 0.0601. The number of sulfone groups is 1. The highest BCUT2D eigenvalue weighted by Crippen LogP contribution is 2.25. The van der Waals surface area contributed by atoms with Gasteiger partial charge in [-0.15, -0.1) is 0 Å². The standard InChI is InChI=1S/C23H18BrNO6S/c1-15-2-12-20(13-3-15)32(30,31)22(23(27)17-4-8-18(24)9-5-17)14-21(26)16-6-10-19(11-7-16)25(28)29/h2-13,22H,14H2,1H3/t22-/m1/s1. The summed E-state index contributed by atoms with van der Waals surface area (Å²) < 4.78 is 27.4. The van der Waals surface area contributed by atoms with Gasteiger partial charge in [-0.05, 0) is 43.3 Å². The number of nitro benzene ring substituents is 1. The van der Waals surface area contributed by atoms with E-state index in [1.807, 2.05) is 0 Å². The molecule has 0 aliphatic carbocycles. The lowest BCUT2D eigenvalue weighted by atomic mass is 10.0. The van der Waals surface area contributed by atoms with Gasteiger partial charge in [-0.3, -0.25) is 19.7 Å². The highest BCUT2D eigenvalue weighted by atomic mass is 79.9. The van der Waals surface area contributed by atoms with Gasteiger partial charge in [0.1, 0.15) is 5.25 Å². The third-order valence-electron chi connectivity index (χ3n) is 4.92. The number of halogens is 1. The number of nitro groups is 1. The number of carbonyl (C=O) groups is 2. The molecule has 0 aromatic heterocycles. The smallest absolute Gasteiger partial charge is 0.269 e. The van der Waals surface area contributed by atoms with Crippen molar-refractivity contribution in [1.82, 2.24) is 0 Å². The predicted molar refractivity (Wildman–Crippen MR) is 123 cm³/mol. The Labute approximate surface area is 193 Å². The van der Waals surface area contributed by atoms with Crippen molar-refractivity contribution in [3.8, 4) is 0 Å². The fourth-order valence-corrected chi connectivity index (χ4v) is 4.99. The first kappa shape index (κ1) is 23.5. The van der Waals surface area contributed by atoms with Crippen LogP contribution in [0.3, 0.4) is 0 Å². The van der Waals surface area contributed by atoms with Crippen molar-refractivity contribution < 1.29 is 22.9 Å². The Morgan fingerprint density at radius 3 is 1.97 bits per heavy atom. The quantitative estimate of drug-likeness (QED) is 0.238. The first-order chi connectivity index (χ1) is 15.1. The molecule has 0 unspecified atom stereocenters. The van der Waals surface area contributed by atoms with E-state index >= 15 is 0 Å². The van der Waals surface area contributed by atoms with Crippen molar-refractivity contribution in [2.75, 3.05) is 0 Å². The lowest BCUT2D eigenvalue weighted by Gasteiger charge is -2.17. The normalized spacial score (nSPS) is 12.2. The number of aryl methyl sites for hydroxylation is 1. The Kier molecular flexibility index (Phi) is 7.00. The Hall–Kier alpha value is -3.17. The van der Waals surface area contributed by atoms with E-state index in [9.17, 15) is 28.1 Å². The second-order valence-electron chi connectivity index (χ2n) is 7.15. The van der Waals surface area contributed by atoms with Gasteiger partial charge in [-0.1, -0.05) is 45.8 Å². The Bertz CT molecular complexity index is 1270. The molecule has 7 nitrogen and oxygen atoms in total. The van der Waals surface area contributed by atoms with Crippen LogP contribution in [0.4, 0.5) is 5.69 Å². The zero-order valence-corrected chi connectivity index (χ0v) is 19.3. The number of hydrogen-bond donors (Lipinski definition) is 0. The van der Waals surface area contributed by atoms with E-state index in [1.54, 1.807) is 31.2 Å². The van der Waals surface area contributed by atoms with E-state index in [0.29, 0.717) is 4.47 Å². The number of Topliss-reactive ketones (excluding diaryl/α,β-unsaturated/α-hetero) is 2. The maximum Gasteiger partial charge on any atom is 0.269 e. The lowest BCUT2D eigenvalue weighted by molar-refractivity contribution is -0.384. The van der Waals surface area contributed by atoms with Crippen LogP contribution >= 0.6 is 15.9 Å². The molecule has 0 spiro atoms. The average molecular weight is 516 g/mol. The van der Waals surface area contributed by atoms with Crippen LogP contribution in [0.25, 0.3) is 0 Å². The molecule has 0 aliphatic heterocycles. The monoisotopic (exact) mass is 515 g/mol. The number of hydrogen-bond acceptors (Lipinski definition) is 6. The fourth-order valence-electron chi connectivity index (χ4n) is 3.09. The Morgan fingerprint density at radius 1 is 0.906 bits per heavy atom. The summed E-state index contributed by atoms with van der Waals surface area (Å²) in [5.74, 6) is -1.31. The molecule has 9 heteroatoms. The van der Waals surface area contributed by atoms with Crippen LogP contribution in [-0.4, -0.2) is 30.2 Å². The molecule has 0 saturated heterocycles. The number of non-ortho nitro benzene ring substituents is 1.